The number of rotatable bonds is 6. The van der Waals surface area contributed by atoms with Gasteiger partial charge in [-0.2, -0.15) is 11.3 Å². The highest BCUT2D eigenvalue weighted by molar-refractivity contribution is 7.89. The molecule has 7 nitrogen and oxygen atoms in total. The van der Waals surface area contributed by atoms with E-state index >= 15 is 0 Å². The van der Waals surface area contributed by atoms with Crippen molar-refractivity contribution < 1.29 is 8.42 Å². The highest BCUT2D eigenvalue weighted by Gasteiger charge is 2.23. The number of nitrogens with zero attached hydrogens (tertiary/aromatic N) is 1. The molecule has 3 aromatic heterocycles. The van der Waals surface area contributed by atoms with Crippen molar-refractivity contribution in [2.45, 2.75) is 17.4 Å². The second-order valence-corrected chi connectivity index (χ2v) is 8.54. The molecule has 0 aliphatic carbocycles. The molecule has 0 radical (unpaired) electrons. The van der Waals surface area contributed by atoms with E-state index in [0.717, 1.165) is 5.56 Å². The Hall–Kier alpha value is -2.75. The number of H-pyrrole nitrogens is 2. The maximum atomic E-state index is 13.0. The zero-order valence-corrected chi connectivity index (χ0v) is 15.7. The third kappa shape index (κ3) is 3.85. The predicted octanol–water partition coefficient (Wildman–Crippen LogP) is 2.58. The first-order valence-corrected chi connectivity index (χ1v) is 10.6. The summed E-state index contributed by atoms with van der Waals surface area (Å²) in [5.74, 6) is 0. The van der Waals surface area contributed by atoms with Crippen LogP contribution in [0, 0.1) is 0 Å². The van der Waals surface area contributed by atoms with Gasteiger partial charge in [-0.3, -0.25) is 4.98 Å². The zero-order chi connectivity index (χ0) is 18.9. The van der Waals surface area contributed by atoms with Crippen molar-refractivity contribution in [1.29, 1.82) is 0 Å². The van der Waals surface area contributed by atoms with E-state index in [2.05, 4.69) is 19.7 Å². The van der Waals surface area contributed by atoms with Crippen molar-refractivity contribution in [3.8, 4) is 0 Å². The van der Waals surface area contributed by atoms with E-state index in [-0.39, 0.29) is 10.6 Å². The summed E-state index contributed by atoms with van der Waals surface area (Å²) >= 11 is 1.56. The number of benzene rings is 1. The highest BCUT2D eigenvalue weighted by atomic mass is 32.2. The van der Waals surface area contributed by atoms with E-state index in [0.29, 0.717) is 23.1 Å². The van der Waals surface area contributed by atoms with Crippen LogP contribution in [0.25, 0.3) is 11.0 Å². The third-order valence-corrected chi connectivity index (χ3v) is 6.36. The Balaban J connectivity index is 1.68. The van der Waals surface area contributed by atoms with Gasteiger partial charge in [0, 0.05) is 6.20 Å². The van der Waals surface area contributed by atoms with E-state index in [9.17, 15) is 13.2 Å². The van der Waals surface area contributed by atoms with Gasteiger partial charge >= 0.3 is 5.69 Å². The maximum absolute atomic E-state index is 13.0. The lowest BCUT2D eigenvalue weighted by Crippen LogP contribution is -2.30. The number of imidazole rings is 1. The molecule has 0 saturated heterocycles. The molecule has 3 heterocycles. The SMILES string of the molecule is O=c1[nH]c2ccc(S(=O)(=O)N[C@H](Cc3ccsc3)c3ccccn3)cc2[nH]1. The Morgan fingerprint density at radius 3 is 2.70 bits per heavy atom. The number of thiophene rings is 1. The molecule has 9 heteroatoms. The van der Waals surface area contributed by atoms with Gasteiger partial charge in [0.15, 0.2) is 0 Å². The van der Waals surface area contributed by atoms with Crippen LogP contribution in [0.4, 0.5) is 0 Å². The molecule has 0 fully saturated rings. The number of pyridine rings is 1. The van der Waals surface area contributed by atoms with E-state index in [1.54, 1.807) is 35.7 Å². The van der Waals surface area contributed by atoms with Crippen LogP contribution in [0.3, 0.4) is 0 Å². The number of fused-ring (bicyclic) bond motifs is 1. The molecule has 0 spiro atoms. The van der Waals surface area contributed by atoms with Gasteiger partial charge in [0.05, 0.1) is 27.7 Å². The molecule has 0 amide bonds. The van der Waals surface area contributed by atoms with Crippen molar-refractivity contribution in [3.05, 3.63) is 81.2 Å². The summed E-state index contributed by atoms with van der Waals surface area (Å²) in [6.07, 6.45) is 2.13. The normalized spacial score (nSPS) is 13.0. The number of nitrogens with one attached hydrogen (secondary N) is 3. The number of aromatic amines is 2. The van der Waals surface area contributed by atoms with Gasteiger partial charge in [-0.25, -0.2) is 17.9 Å². The van der Waals surface area contributed by atoms with Crippen LogP contribution in [0.2, 0.25) is 0 Å². The first kappa shape index (κ1) is 17.7. The van der Waals surface area contributed by atoms with Crippen LogP contribution in [0.5, 0.6) is 0 Å². The fourth-order valence-electron chi connectivity index (χ4n) is 2.87. The molecule has 0 unspecified atom stereocenters. The van der Waals surface area contributed by atoms with Crippen molar-refractivity contribution in [1.82, 2.24) is 19.7 Å². The molecule has 1 aromatic carbocycles. The quantitative estimate of drug-likeness (QED) is 0.462. The van der Waals surface area contributed by atoms with E-state index in [1.807, 2.05) is 22.9 Å². The Labute approximate surface area is 159 Å². The van der Waals surface area contributed by atoms with Gasteiger partial charge in [-0.05, 0) is 59.1 Å². The molecular formula is C18H16N4O3S2. The zero-order valence-electron chi connectivity index (χ0n) is 14.0. The van der Waals surface area contributed by atoms with Crippen LogP contribution in [0.1, 0.15) is 17.3 Å². The summed E-state index contributed by atoms with van der Waals surface area (Å²) in [6, 6.07) is 11.3. The first-order chi connectivity index (χ1) is 13.0. The lowest BCUT2D eigenvalue weighted by atomic mass is 10.1. The molecule has 3 N–H and O–H groups in total. The summed E-state index contributed by atoms with van der Waals surface area (Å²) in [5, 5.41) is 3.94. The highest BCUT2D eigenvalue weighted by Crippen LogP contribution is 2.22. The Morgan fingerprint density at radius 1 is 1.11 bits per heavy atom. The second kappa shape index (κ2) is 7.10. The van der Waals surface area contributed by atoms with Crippen molar-refractivity contribution in [3.63, 3.8) is 0 Å². The molecule has 4 aromatic rings. The molecule has 4 rings (SSSR count). The molecular weight excluding hydrogens is 384 g/mol. The Morgan fingerprint density at radius 2 is 1.96 bits per heavy atom. The smallest absolute Gasteiger partial charge is 0.306 e. The summed E-state index contributed by atoms with van der Waals surface area (Å²) in [5.41, 5.74) is 2.29. The summed E-state index contributed by atoms with van der Waals surface area (Å²) in [6.45, 7) is 0. The maximum Gasteiger partial charge on any atom is 0.323 e. The van der Waals surface area contributed by atoms with Crippen molar-refractivity contribution in [2.75, 3.05) is 0 Å². The molecule has 138 valence electrons. The topological polar surface area (TPSA) is 108 Å². The van der Waals surface area contributed by atoms with Gasteiger partial charge < -0.3 is 9.97 Å². The van der Waals surface area contributed by atoms with Gasteiger partial charge in [0.1, 0.15) is 0 Å². The van der Waals surface area contributed by atoms with Crippen molar-refractivity contribution >= 4 is 32.4 Å². The van der Waals surface area contributed by atoms with E-state index < -0.39 is 16.1 Å². The Bertz CT molecular complexity index is 1210. The summed E-state index contributed by atoms with van der Waals surface area (Å²) in [4.78, 5) is 21.0. The van der Waals surface area contributed by atoms with Gasteiger partial charge in [-0.15, -0.1) is 0 Å². The predicted molar refractivity (Wildman–Crippen MR) is 104 cm³/mol. The molecule has 0 aliphatic rings. The van der Waals surface area contributed by atoms with Crippen molar-refractivity contribution in [2.24, 2.45) is 0 Å². The van der Waals surface area contributed by atoms with Gasteiger partial charge in [-0.1, -0.05) is 6.07 Å². The van der Waals surface area contributed by atoms with Gasteiger partial charge in [0.2, 0.25) is 10.0 Å². The molecule has 1 atom stereocenters. The molecule has 27 heavy (non-hydrogen) atoms. The second-order valence-electron chi connectivity index (χ2n) is 6.05. The van der Waals surface area contributed by atoms with Gasteiger partial charge in [0.25, 0.3) is 0 Å². The summed E-state index contributed by atoms with van der Waals surface area (Å²) < 4.78 is 28.7. The van der Waals surface area contributed by atoms with Crippen LogP contribution in [-0.4, -0.2) is 23.4 Å². The third-order valence-electron chi connectivity index (χ3n) is 4.16. The minimum atomic E-state index is -3.82. The average Bonchev–Trinajstić information content (AvgIpc) is 3.29. The minimum absolute atomic E-state index is 0.0801. The van der Waals surface area contributed by atoms with E-state index in [1.165, 1.54) is 12.1 Å². The molecule has 0 bridgehead atoms. The number of sulfonamides is 1. The number of hydrogen-bond acceptors (Lipinski definition) is 5. The summed E-state index contributed by atoms with van der Waals surface area (Å²) in [7, 11) is -3.82. The van der Waals surface area contributed by atoms with Crippen LogP contribution < -0.4 is 10.4 Å². The standard InChI is InChI=1S/C18H16N4O3S2/c23-18-20-15-5-4-13(10-16(15)21-18)27(24,25)22-17(9-12-6-8-26-11-12)14-3-1-2-7-19-14/h1-8,10-11,17,22H,9H2,(H2,20,21,23)/t17-/m1/s1. The number of aromatic nitrogens is 3. The average molecular weight is 400 g/mol. The Kier molecular flexibility index (Phi) is 4.65. The fourth-order valence-corrected chi connectivity index (χ4v) is 4.78. The first-order valence-electron chi connectivity index (χ1n) is 8.18. The number of hydrogen-bond donors (Lipinski definition) is 3. The largest absolute Gasteiger partial charge is 0.323 e. The van der Waals surface area contributed by atoms with Crippen LogP contribution in [0.15, 0.2) is 69.1 Å². The van der Waals surface area contributed by atoms with E-state index in [4.69, 9.17) is 0 Å². The minimum Gasteiger partial charge on any atom is -0.306 e. The molecule has 0 aliphatic heterocycles. The lowest BCUT2D eigenvalue weighted by Gasteiger charge is -2.18. The van der Waals surface area contributed by atoms with Crippen LogP contribution >= 0.6 is 11.3 Å². The van der Waals surface area contributed by atoms with Crippen LogP contribution in [-0.2, 0) is 16.4 Å². The molecule has 0 saturated carbocycles. The lowest BCUT2D eigenvalue weighted by molar-refractivity contribution is 0.550. The fraction of sp³-hybridized carbons (Fsp3) is 0.111. The monoisotopic (exact) mass is 400 g/mol.